The van der Waals surface area contributed by atoms with Gasteiger partial charge in [-0.15, -0.1) is 0 Å². The third kappa shape index (κ3) is 3.68. The van der Waals surface area contributed by atoms with Crippen LogP contribution in [0.4, 0.5) is 0 Å². The molecule has 0 rings (SSSR count). The van der Waals surface area contributed by atoms with Crippen molar-refractivity contribution in [3.05, 3.63) is 0 Å². The predicted octanol–water partition coefficient (Wildman–Crippen LogP) is 1.89. The van der Waals surface area contributed by atoms with E-state index in [1.54, 1.807) is 14.2 Å². The summed E-state index contributed by atoms with van der Waals surface area (Å²) in [6, 6.07) is 0. The van der Waals surface area contributed by atoms with E-state index in [4.69, 9.17) is 9.47 Å². The van der Waals surface area contributed by atoms with Crippen LogP contribution in [0.25, 0.3) is 0 Å². The summed E-state index contributed by atoms with van der Waals surface area (Å²) < 4.78 is 12.4. The first-order valence-electron chi connectivity index (χ1n) is 2.97. The van der Waals surface area contributed by atoms with Gasteiger partial charge >= 0.3 is 0 Å². The van der Waals surface area contributed by atoms with Crippen molar-refractivity contribution in [3.63, 3.8) is 0 Å². The van der Waals surface area contributed by atoms with Gasteiger partial charge in [0.2, 0.25) is 0 Å². The zero-order valence-corrected chi connectivity index (χ0v) is 10.5. The van der Waals surface area contributed by atoms with Gasteiger partial charge in [0.25, 0.3) is 0 Å². The molecule has 0 radical (unpaired) electrons. The highest BCUT2D eigenvalue weighted by Gasteiger charge is 2.17. The van der Waals surface area contributed by atoms with Crippen molar-refractivity contribution in [1.29, 1.82) is 0 Å². The summed E-state index contributed by atoms with van der Waals surface area (Å²) in [7, 11) is 3.45. The van der Waals surface area contributed by atoms with Crippen LogP contribution in [-0.2, 0) is 9.47 Å². The van der Waals surface area contributed by atoms with Crippen molar-refractivity contribution in [2.45, 2.75) is 12.2 Å². The minimum atomic E-state index is 0.238. The first-order chi connectivity index (χ1) is 4.79. The molecule has 0 amide bonds. The normalized spacial score (nSPS) is 16.8. The van der Waals surface area contributed by atoms with E-state index in [9.17, 15) is 0 Å². The van der Waals surface area contributed by atoms with Crippen molar-refractivity contribution < 1.29 is 9.47 Å². The number of rotatable bonds is 5. The molecule has 0 aromatic rings. The minimum absolute atomic E-state index is 0.238. The summed E-state index contributed by atoms with van der Waals surface area (Å²) in [6.45, 7) is 0. The Kier molecular flexibility index (Phi) is 8.03. The van der Waals surface area contributed by atoms with E-state index < -0.39 is 0 Å². The van der Waals surface area contributed by atoms with Crippen LogP contribution in [-0.4, -0.2) is 35.3 Å². The van der Waals surface area contributed by atoms with E-state index in [0.717, 1.165) is 8.86 Å². The van der Waals surface area contributed by atoms with Crippen LogP contribution < -0.4 is 0 Å². The van der Waals surface area contributed by atoms with Crippen molar-refractivity contribution >= 4 is 45.2 Å². The first kappa shape index (κ1) is 11.4. The molecule has 0 aromatic carbocycles. The molecule has 0 saturated carbocycles. The van der Waals surface area contributed by atoms with Crippen LogP contribution in [0.5, 0.6) is 0 Å². The lowest BCUT2D eigenvalue weighted by Crippen LogP contribution is -2.32. The Morgan fingerprint density at radius 2 is 1.30 bits per heavy atom. The molecule has 0 N–H and O–H groups in total. The average molecular weight is 370 g/mol. The number of ether oxygens (including phenoxy) is 2. The number of methoxy groups -OCH3 is 2. The number of hydrogen-bond donors (Lipinski definition) is 0. The minimum Gasteiger partial charge on any atom is -0.378 e. The summed E-state index contributed by atoms with van der Waals surface area (Å²) in [5.74, 6) is 0. The van der Waals surface area contributed by atoms with Gasteiger partial charge in [-0.3, -0.25) is 0 Å². The fraction of sp³-hybridized carbons (Fsp3) is 1.00. The molecule has 0 heterocycles. The third-order valence-electron chi connectivity index (χ3n) is 1.32. The predicted molar refractivity (Wildman–Crippen MR) is 59.4 cm³/mol. The molecule has 4 heteroatoms. The SMILES string of the molecule is CO[C@H](CI)[C@@H](CI)OC. The molecule has 0 fully saturated rings. The van der Waals surface area contributed by atoms with E-state index in [-0.39, 0.29) is 12.2 Å². The van der Waals surface area contributed by atoms with Crippen molar-refractivity contribution in [3.8, 4) is 0 Å². The Labute approximate surface area is 89.3 Å². The smallest absolute Gasteiger partial charge is 0.0929 e. The maximum Gasteiger partial charge on any atom is 0.0929 e. The van der Waals surface area contributed by atoms with Gasteiger partial charge in [0.1, 0.15) is 0 Å². The Hall–Kier alpha value is 1.38. The molecule has 2 nitrogen and oxygen atoms in total. The summed E-state index contributed by atoms with van der Waals surface area (Å²) in [6.07, 6.45) is 0.477. The Morgan fingerprint density at radius 1 is 1.00 bits per heavy atom. The highest BCUT2D eigenvalue weighted by molar-refractivity contribution is 14.1. The molecule has 2 atom stereocenters. The third-order valence-corrected chi connectivity index (χ3v) is 3.06. The van der Waals surface area contributed by atoms with Gasteiger partial charge in [-0.05, 0) is 0 Å². The van der Waals surface area contributed by atoms with Crippen molar-refractivity contribution in [2.75, 3.05) is 23.1 Å². The van der Waals surface area contributed by atoms with Gasteiger partial charge in [0.05, 0.1) is 12.2 Å². The van der Waals surface area contributed by atoms with Crippen LogP contribution >= 0.6 is 45.2 Å². The molecule has 0 aliphatic carbocycles. The van der Waals surface area contributed by atoms with Crippen LogP contribution in [0.1, 0.15) is 0 Å². The van der Waals surface area contributed by atoms with E-state index >= 15 is 0 Å². The molecular weight excluding hydrogens is 358 g/mol. The fourth-order valence-corrected chi connectivity index (χ4v) is 2.48. The highest BCUT2D eigenvalue weighted by Crippen LogP contribution is 2.08. The van der Waals surface area contributed by atoms with Crippen molar-refractivity contribution in [2.24, 2.45) is 0 Å². The molecule has 0 aromatic heterocycles. The molecule has 0 spiro atoms. The van der Waals surface area contributed by atoms with E-state index in [1.165, 1.54) is 0 Å². The fourth-order valence-electron chi connectivity index (χ4n) is 0.628. The van der Waals surface area contributed by atoms with E-state index in [0.29, 0.717) is 0 Å². The van der Waals surface area contributed by atoms with Crippen molar-refractivity contribution in [1.82, 2.24) is 0 Å². The maximum absolute atomic E-state index is 5.21. The number of halogens is 2. The lowest BCUT2D eigenvalue weighted by molar-refractivity contribution is -0.00755. The molecule has 0 bridgehead atoms. The zero-order chi connectivity index (χ0) is 7.98. The second-order valence-electron chi connectivity index (χ2n) is 1.86. The Balaban J connectivity index is 3.70. The largest absolute Gasteiger partial charge is 0.378 e. The Morgan fingerprint density at radius 3 is 1.40 bits per heavy atom. The number of hydrogen-bond acceptors (Lipinski definition) is 2. The standard InChI is InChI=1S/C6H12I2O2/c1-9-5(3-7)6(4-8)10-2/h5-6H,3-4H2,1-2H3/t5-,6-/m1/s1. The van der Waals surface area contributed by atoms with Crippen LogP contribution in [0.2, 0.25) is 0 Å². The molecule has 0 aliphatic rings. The summed E-state index contributed by atoms with van der Waals surface area (Å²) in [4.78, 5) is 0. The topological polar surface area (TPSA) is 18.5 Å². The molecule has 62 valence electrons. The molecule has 0 saturated heterocycles. The van der Waals surface area contributed by atoms with Gasteiger partial charge < -0.3 is 9.47 Å². The van der Waals surface area contributed by atoms with Gasteiger partial charge in [-0.2, -0.15) is 0 Å². The maximum atomic E-state index is 5.21. The molecular formula is C6H12I2O2. The van der Waals surface area contributed by atoms with Crippen LogP contribution in [0.15, 0.2) is 0 Å². The Bertz CT molecular complexity index is 62.1. The van der Waals surface area contributed by atoms with E-state index in [2.05, 4.69) is 45.2 Å². The monoisotopic (exact) mass is 370 g/mol. The molecule has 10 heavy (non-hydrogen) atoms. The van der Waals surface area contributed by atoms with E-state index in [1.807, 2.05) is 0 Å². The van der Waals surface area contributed by atoms with Gasteiger partial charge in [-0.25, -0.2) is 0 Å². The second-order valence-corrected chi connectivity index (χ2v) is 3.62. The first-order valence-corrected chi connectivity index (χ1v) is 6.02. The lowest BCUT2D eigenvalue weighted by Gasteiger charge is -2.20. The van der Waals surface area contributed by atoms with Crippen LogP contribution in [0, 0.1) is 0 Å². The van der Waals surface area contributed by atoms with Gasteiger partial charge in [0, 0.05) is 23.1 Å². The number of alkyl halides is 2. The summed E-state index contributed by atoms with van der Waals surface area (Å²) >= 11 is 4.61. The molecule has 0 unspecified atom stereocenters. The molecule has 0 aliphatic heterocycles. The second kappa shape index (κ2) is 7.05. The van der Waals surface area contributed by atoms with Gasteiger partial charge in [0.15, 0.2) is 0 Å². The quantitative estimate of drug-likeness (QED) is 0.544. The van der Waals surface area contributed by atoms with Crippen LogP contribution in [0.3, 0.4) is 0 Å². The average Bonchev–Trinajstić information content (AvgIpc) is 2.00. The summed E-state index contributed by atoms with van der Waals surface area (Å²) in [5, 5.41) is 0. The lowest BCUT2D eigenvalue weighted by atomic mass is 10.2. The highest BCUT2D eigenvalue weighted by atomic mass is 127. The zero-order valence-electron chi connectivity index (χ0n) is 6.14. The van der Waals surface area contributed by atoms with Gasteiger partial charge in [-0.1, -0.05) is 45.2 Å². The summed E-state index contributed by atoms with van der Waals surface area (Å²) in [5.41, 5.74) is 0.